The molecular formula is C16H24ClN3O2. The molecule has 122 valence electrons. The van der Waals surface area contributed by atoms with Gasteiger partial charge in [-0.1, -0.05) is 11.6 Å². The van der Waals surface area contributed by atoms with Gasteiger partial charge in [0.15, 0.2) is 6.61 Å². The van der Waals surface area contributed by atoms with E-state index in [1.807, 2.05) is 13.0 Å². The molecule has 1 aliphatic heterocycles. The van der Waals surface area contributed by atoms with Crippen molar-refractivity contribution < 1.29 is 9.53 Å². The molecule has 1 aromatic rings. The maximum Gasteiger partial charge on any atom is 0.257 e. The summed E-state index contributed by atoms with van der Waals surface area (Å²) in [5.41, 5.74) is 0.930. The summed E-state index contributed by atoms with van der Waals surface area (Å²) in [4.78, 5) is 14.2. The van der Waals surface area contributed by atoms with Gasteiger partial charge in [0.1, 0.15) is 5.75 Å². The van der Waals surface area contributed by atoms with Gasteiger partial charge in [-0.05, 0) is 43.7 Å². The van der Waals surface area contributed by atoms with Gasteiger partial charge in [0.05, 0.1) is 0 Å². The van der Waals surface area contributed by atoms with Crippen LogP contribution < -0.4 is 15.4 Å². The van der Waals surface area contributed by atoms with Crippen LogP contribution >= 0.6 is 11.6 Å². The molecule has 1 aliphatic rings. The van der Waals surface area contributed by atoms with Crippen LogP contribution in [0.2, 0.25) is 5.02 Å². The topological polar surface area (TPSA) is 53.6 Å². The van der Waals surface area contributed by atoms with Gasteiger partial charge in [0.25, 0.3) is 5.91 Å². The number of halogens is 1. The highest BCUT2D eigenvalue weighted by molar-refractivity contribution is 6.30. The Morgan fingerprint density at radius 3 is 2.91 bits per heavy atom. The number of carbonyl (C=O) groups excluding carboxylic acids is 1. The molecule has 0 spiro atoms. The summed E-state index contributed by atoms with van der Waals surface area (Å²) in [6.07, 6.45) is 0.964. The molecule has 1 fully saturated rings. The fourth-order valence-electron chi connectivity index (χ4n) is 2.43. The number of nitrogens with zero attached hydrogens (tertiary/aromatic N) is 1. The Hall–Kier alpha value is -1.30. The molecule has 1 amide bonds. The molecule has 5 nitrogen and oxygen atoms in total. The Morgan fingerprint density at radius 1 is 1.41 bits per heavy atom. The third-order valence-corrected chi connectivity index (χ3v) is 3.91. The lowest BCUT2D eigenvalue weighted by Crippen LogP contribution is -2.44. The smallest absolute Gasteiger partial charge is 0.257 e. The van der Waals surface area contributed by atoms with Gasteiger partial charge >= 0.3 is 0 Å². The Kier molecular flexibility index (Phi) is 6.96. The van der Waals surface area contributed by atoms with Crippen molar-refractivity contribution in [2.24, 2.45) is 0 Å². The largest absolute Gasteiger partial charge is 0.484 e. The molecule has 2 N–H and O–H groups in total. The molecule has 0 bridgehead atoms. The Morgan fingerprint density at radius 2 is 2.18 bits per heavy atom. The molecule has 22 heavy (non-hydrogen) atoms. The molecule has 1 heterocycles. The van der Waals surface area contributed by atoms with E-state index in [1.54, 1.807) is 12.1 Å². The van der Waals surface area contributed by atoms with E-state index in [2.05, 4.69) is 15.5 Å². The van der Waals surface area contributed by atoms with E-state index in [-0.39, 0.29) is 12.5 Å². The standard InChI is InChI=1S/C16H24ClN3O2/c1-13-11-14(17)3-4-15(13)22-12-16(21)19-5-2-8-20-9-6-18-7-10-20/h3-4,11,18H,2,5-10,12H2,1H3,(H,19,21). The number of carbonyl (C=O) groups is 1. The zero-order chi connectivity index (χ0) is 15.8. The van der Waals surface area contributed by atoms with Crippen LogP contribution in [0.15, 0.2) is 18.2 Å². The number of hydrogen-bond acceptors (Lipinski definition) is 4. The SMILES string of the molecule is Cc1cc(Cl)ccc1OCC(=O)NCCCN1CCNCC1. The Balaban J connectivity index is 1.59. The fourth-order valence-corrected chi connectivity index (χ4v) is 2.66. The van der Waals surface area contributed by atoms with Gasteiger partial charge in [-0.3, -0.25) is 4.79 Å². The van der Waals surface area contributed by atoms with Crippen LogP contribution in [-0.2, 0) is 4.79 Å². The van der Waals surface area contributed by atoms with Crippen molar-refractivity contribution in [2.75, 3.05) is 45.9 Å². The molecule has 0 aliphatic carbocycles. The zero-order valence-electron chi connectivity index (χ0n) is 13.0. The number of rotatable bonds is 7. The monoisotopic (exact) mass is 325 g/mol. The zero-order valence-corrected chi connectivity index (χ0v) is 13.8. The lowest BCUT2D eigenvalue weighted by atomic mass is 10.2. The molecular weight excluding hydrogens is 302 g/mol. The predicted octanol–water partition coefficient (Wildman–Crippen LogP) is 1.44. The van der Waals surface area contributed by atoms with Crippen molar-refractivity contribution >= 4 is 17.5 Å². The number of ether oxygens (including phenoxy) is 1. The Labute approximate surface area is 137 Å². The first-order valence-corrected chi connectivity index (χ1v) is 8.11. The summed E-state index contributed by atoms with van der Waals surface area (Å²) in [6, 6.07) is 5.37. The second-order valence-electron chi connectivity index (χ2n) is 5.49. The van der Waals surface area contributed by atoms with Crippen molar-refractivity contribution in [2.45, 2.75) is 13.3 Å². The van der Waals surface area contributed by atoms with E-state index in [9.17, 15) is 4.79 Å². The van der Waals surface area contributed by atoms with Crippen LogP contribution in [0, 0.1) is 6.92 Å². The molecule has 1 saturated heterocycles. The van der Waals surface area contributed by atoms with E-state index in [4.69, 9.17) is 16.3 Å². The van der Waals surface area contributed by atoms with Crippen LogP contribution in [0.25, 0.3) is 0 Å². The minimum absolute atomic E-state index is 0.0378. The number of benzene rings is 1. The number of amides is 1. The van der Waals surface area contributed by atoms with Gasteiger partial charge in [-0.15, -0.1) is 0 Å². The van der Waals surface area contributed by atoms with Crippen molar-refractivity contribution in [3.05, 3.63) is 28.8 Å². The lowest BCUT2D eigenvalue weighted by Gasteiger charge is -2.27. The second-order valence-corrected chi connectivity index (χ2v) is 5.93. The minimum atomic E-state index is -0.0883. The minimum Gasteiger partial charge on any atom is -0.484 e. The fraction of sp³-hybridized carbons (Fsp3) is 0.562. The highest BCUT2D eigenvalue weighted by atomic mass is 35.5. The number of aryl methyl sites for hydroxylation is 1. The third-order valence-electron chi connectivity index (χ3n) is 3.68. The summed E-state index contributed by atoms with van der Waals surface area (Å²) in [5.74, 6) is 0.607. The molecule has 6 heteroatoms. The van der Waals surface area contributed by atoms with E-state index in [0.29, 0.717) is 17.3 Å². The van der Waals surface area contributed by atoms with Crippen LogP contribution in [-0.4, -0.2) is 56.7 Å². The number of nitrogens with one attached hydrogen (secondary N) is 2. The maximum absolute atomic E-state index is 11.8. The first-order valence-electron chi connectivity index (χ1n) is 7.74. The number of hydrogen-bond donors (Lipinski definition) is 2. The van der Waals surface area contributed by atoms with E-state index >= 15 is 0 Å². The van der Waals surface area contributed by atoms with Gasteiger partial charge < -0.3 is 20.3 Å². The van der Waals surface area contributed by atoms with Crippen LogP contribution in [0.3, 0.4) is 0 Å². The average molecular weight is 326 g/mol. The molecule has 0 radical (unpaired) electrons. The van der Waals surface area contributed by atoms with Crippen LogP contribution in [0.4, 0.5) is 0 Å². The second kappa shape index (κ2) is 8.98. The van der Waals surface area contributed by atoms with Crippen molar-refractivity contribution in [3.63, 3.8) is 0 Å². The highest BCUT2D eigenvalue weighted by Crippen LogP contribution is 2.21. The van der Waals surface area contributed by atoms with Gasteiger partial charge in [0.2, 0.25) is 0 Å². The first-order chi connectivity index (χ1) is 10.6. The third kappa shape index (κ3) is 5.83. The Bertz CT molecular complexity index is 490. The van der Waals surface area contributed by atoms with E-state index in [0.717, 1.165) is 44.7 Å². The quantitative estimate of drug-likeness (QED) is 0.745. The first kappa shape index (κ1) is 17.1. The average Bonchev–Trinajstić information content (AvgIpc) is 2.52. The summed E-state index contributed by atoms with van der Waals surface area (Å²) in [5, 5.41) is 6.89. The number of piperazine rings is 1. The predicted molar refractivity (Wildman–Crippen MR) is 88.6 cm³/mol. The summed E-state index contributed by atoms with van der Waals surface area (Å²) >= 11 is 5.89. The molecule has 2 rings (SSSR count). The van der Waals surface area contributed by atoms with Gasteiger partial charge in [0, 0.05) is 37.7 Å². The van der Waals surface area contributed by atoms with Crippen molar-refractivity contribution in [3.8, 4) is 5.75 Å². The van der Waals surface area contributed by atoms with E-state index in [1.165, 1.54) is 0 Å². The molecule has 0 saturated carbocycles. The summed E-state index contributed by atoms with van der Waals surface area (Å²) in [7, 11) is 0. The van der Waals surface area contributed by atoms with Crippen molar-refractivity contribution in [1.82, 2.24) is 15.5 Å². The van der Waals surface area contributed by atoms with Gasteiger partial charge in [-0.2, -0.15) is 0 Å². The molecule has 0 unspecified atom stereocenters. The normalized spacial score (nSPS) is 15.5. The summed E-state index contributed by atoms with van der Waals surface area (Å²) < 4.78 is 5.51. The molecule has 0 aromatic heterocycles. The highest BCUT2D eigenvalue weighted by Gasteiger charge is 2.09. The van der Waals surface area contributed by atoms with E-state index < -0.39 is 0 Å². The van der Waals surface area contributed by atoms with Crippen LogP contribution in [0.1, 0.15) is 12.0 Å². The van der Waals surface area contributed by atoms with Gasteiger partial charge in [-0.25, -0.2) is 0 Å². The maximum atomic E-state index is 11.8. The molecule has 0 atom stereocenters. The van der Waals surface area contributed by atoms with Crippen molar-refractivity contribution in [1.29, 1.82) is 0 Å². The van der Waals surface area contributed by atoms with Crippen LogP contribution in [0.5, 0.6) is 5.75 Å². The lowest BCUT2D eigenvalue weighted by molar-refractivity contribution is -0.123. The summed E-state index contributed by atoms with van der Waals surface area (Å²) in [6.45, 7) is 7.95. The molecule has 1 aromatic carbocycles.